The molecular formula is C13H15N3OS. The van der Waals surface area contributed by atoms with Crippen molar-refractivity contribution in [3.05, 3.63) is 35.2 Å². The third-order valence-corrected chi connectivity index (χ3v) is 3.14. The summed E-state index contributed by atoms with van der Waals surface area (Å²) in [6.07, 6.45) is 0. The molecule has 0 saturated heterocycles. The molecule has 94 valence electrons. The lowest BCUT2D eigenvalue weighted by atomic mass is 10.1. The average molecular weight is 261 g/mol. The second-order valence-electron chi connectivity index (χ2n) is 4.42. The van der Waals surface area contributed by atoms with Crippen LogP contribution in [-0.4, -0.2) is 22.0 Å². The van der Waals surface area contributed by atoms with E-state index in [0.717, 1.165) is 17.1 Å². The predicted molar refractivity (Wildman–Crippen MR) is 72.5 cm³/mol. The van der Waals surface area contributed by atoms with Gasteiger partial charge in [0.1, 0.15) is 10.6 Å². The zero-order chi connectivity index (χ0) is 13.0. The van der Waals surface area contributed by atoms with Crippen molar-refractivity contribution < 1.29 is 4.79 Å². The zero-order valence-corrected chi connectivity index (χ0v) is 11.2. The number of carbonyl (C=O) groups is 1. The zero-order valence-electron chi connectivity index (χ0n) is 10.4. The monoisotopic (exact) mass is 261 g/mol. The fraction of sp³-hybridized carbons (Fsp3) is 0.308. The summed E-state index contributed by atoms with van der Waals surface area (Å²) >= 11 is 1.13. The molecule has 0 bridgehead atoms. The maximum absolute atomic E-state index is 12.0. The van der Waals surface area contributed by atoms with Gasteiger partial charge in [-0.15, -0.1) is 5.10 Å². The minimum atomic E-state index is -0.0995. The Morgan fingerprint density at radius 1 is 1.33 bits per heavy atom. The van der Waals surface area contributed by atoms with E-state index < -0.39 is 0 Å². The third-order valence-electron chi connectivity index (χ3n) is 2.41. The van der Waals surface area contributed by atoms with Gasteiger partial charge in [0.25, 0.3) is 5.91 Å². The van der Waals surface area contributed by atoms with Crippen LogP contribution in [0.4, 0.5) is 0 Å². The summed E-state index contributed by atoms with van der Waals surface area (Å²) in [6.45, 7) is 4.78. The summed E-state index contributed by atoms with van der Waals surface area (Å²) in [5.74, 6) is 0.326. The van der Waals surface area contributed by atoms with Gasteiger partial charge in [0.2, 0.25) is 0 Å². The molecule has 2 rings (SSSR count). The van der Waals surface area contributed by atoms with E-state index in [9.17, 15) is 4.79 Å². The molecule has 1 aromatic carbocycles. The van der Waals surface area contributed by atoms with Crippen molar-refractivity contribution >= 4 is 17.4 Å². The van der Waals surface area contributed by atoms with Gasteiger partial charge < -0.3 is 5.32 Å². The maximum atomic E-state index is 12.0. The molecule has 0 aliphatic rings. The molecule has 5 heteroatoms. The minimum Gasteiger partial charge on any atom is -0.351 e. The molecule has 18 heavy (non-hydrogen) atoms. The van der Waals surface area contributed by atoms with E-state index >= 15 is 0 Å². The molecule has 0 radical (unpaired) electrons. The molecule has 0 fully saturated rings. The van der Waals surface area contributed by atoms with E-state index in [4.69, 9.17) is 0 Å². The van der Waals surface area contributed by atoms with Crippen LogP contribution in [-0.2, 0) is 0 Å². The highest BCUT2D eigenvalue weighted by molar-refractivity contribution is 7.08. The van der Waals surface area contributed by atoms with Crippen molar-refractivity contribution in [1.29, 1.82) is 0 Å². The second kappa shape index (κ2) is 5.73. The summed E-state index contributed by atoms with van der Waals surface area (Å²) in [4.78, 5) is 12.6. The number of hydrogen-bond donors (Lipinski definition) is 1. The number of amides is 1. The van der Waals surface area contributed by atoms with Crippen LogP contribution < -0.4 is 5.32 Å². The first-order valence-corrected chi connectivity index (χ1v) is 6.62. The van der Waals surface area contributed by atoms with Crippen molar-refractivity contribution in [2.45, 2.75) is 13.8 Å². The van der Waals surface area contributed by atoms with Crippen LogP contribution in [0.5, 0.6) is 0 Å². The molecule has 0 spiro atoms. The van der Waals surface area contributed by atoms with Gasteiger partial charge in [0.05, 0.1) is 0 Å². The highest BCUT2D eigenvalue weighted by Crippen LogP contribution is 2.23. The quantitative estimate of drug-likeness (QED) is 0.920. The van der Waals surface area contributed by atoms with Gasteiger partial charge in [-0.1, -0.05) is 48.7 Å². The summed E-state index contributed by atoms with van der Waals surface area (Å²) in [6, 6.07) is 9.63. The summed E-state index contributed by atoms with van der Waals surface area (Å²) in [7, 11) is 0. The van der Waals surface area contributed by atoms with Crippen LogP contribution in [0.2, 0.25) is 0 Å². The highest BCUT2D eigenvalue weighted by atomic mass is 32.1. The number of benzene rings is 1. The third kappa shape index (κ3) is 2.92. The molecule has 0 aliphatic heterocycles. The Morgan fingerprint density at radius 2 is 2.06 bits per heavy atom. The summed E-state index contributed by atoms with van der Waals surface area (Å²) in [5, 5.41) is 6.93. The van der Waals surface area contributed by atoms with Crippen molar-refractivity contribution in [1.82, 2.24) is 14.9 Å². The van der Waals surface area contributed by atoms with Gasteiger partial charge >= 0.3 is 0 Å². The lowest BCUT2D eigenvalue weighted by Gasteiger charge is -2.06. The molecular weight excluding hydrogens is 246 g/mol. The first-order chi connectivity index (χ1) is 8.68. The Bertz CT molecular complexity index is 522. The fourth-order valence-electron chi connectivity index (χ4n) is 1.50. The molecule has 0 saturated carbocycles. The lowest BCUT2D eigenvalue weighted by molar-refractivity contribution is 0.0953. The van der Waals surface area contributed by atoms with Crippen LogP contribution in [0.3, 0.4) is 0 Å². The van der Waals surface area contributed by atoms with Crippen LogP contribution in [0, 0.1) is 5.92 Å². The van der Waals surface area contributed by atoms with Crippen molar-refractivity contribution in [2.75, 3.05) is 6.54 Å². The summed E-state index contributed by atoms with van der Waals surface area (Å²) in [5.41, 5.74) is 1.57. The van der Waals surface area contributed by atoms with E-state index in [2.05, 4.69) is 28.8 Å². The molecule has 1 heterocycles. The second-order valence-corrected chi connectivity index (χ2v) is 5.17. The van der Waals surface area contributed by atoms with Gasteiger partial charge in [-0.05, 0) is 17.5 Å². The molecule has 0 aliphatic carbocycles. The topological polar surface area (TPSA) is 54.9 Å². The van der Waals surface area contributed by atoms with Gasteiger partial charge in [-0.25, -0.2) is 0 Å². The molecule has 0 atom stereocenters. The number of carbonyl (C=O) groups excluding carboxylic acids is 1. The first kappa shape index (κ1) is 12.7. The van der Waals surface area contributed by atoms with E-state index in [1.165, 1.54) is 0 Å². The first-order valence-electron chi connectivity index (χ1n) is 5.84. The number of aromatic nitrogens is 2. The summed E-state index contributed by atoms with van der Waals surface area (Å²) < 4.78 is 3.88. The lowest BCUT2D eigenvalue weighted by Crippen LogP contribution is -2.27. The van der Waals surface area contributed by atoms with Crippen LogP contribution in [0.1, 0.15) is 23.5 Å². The van der Waals surface area contributed by atoms with E-state index in [1.807, 2.05) is 30.3 Å². The van der Waals surface area contributed by atoms with Gasteiger partial charge in [-0.3, -0.25) is 4.79 Å². The Kier molecular flexibility index (Phi) is 4.04. The van der Waals surface area contributed by atoms with E-state index in [0.29, 0.717) is 23.0 Å². The van der Waals surface area contributed by atoms with Crippen LogP contribution >= 0.6 is 11.5 Å². The van der Waals surface area contributed by atoms with Gasteiger partial charge in [-0.2, -0.15) is 0 Å². The van der Waals surface area contributed by atoms with Crippen molar-refractivity contribution in [2.24, 2.45) is 5.92 Å². The number of rotatable bonds is 4. The molecule has 1 N–H and O–H groups in total. The Morgan fingerprint density at radius 3 is 2.72 bits per heavy atom. The number of hydrogen-bond acceptors (Lipinski definition) is 4. The fourth-order valence-corrected chi connectivity index (χ4v) is 2.11. The molecule has 0 unspecified atom stereocenters. The van der Waals surface area contributed by atoms with E-state index in [1.54, 1.807) is 0 Å². The Hall–Kier alpha value is -1.75. The smallest absolute Gasteiger partial charge is 0.265 e. The Labute approximate surface area is 110 Å². The number of nitrogens with one attached hydrogen (secondary N) is 1. The van der Waals surface area contributed by atoms with Crippen molar-refractivity contribution in [3.63, 3.8) is 0 Å². The Balaban J connectivity index is 2.20. The minimum absolute atomic E-state index is 0.0995. The maximum Gasteiger partial charge on any atom is 0.265 e. The average Bonchev–Trinajstić information content (AvgIpc) is 2.86. The van der Waals surface area contributed by atoms with Crippen LogP contribution in [0.15, 0.2) is 30.3 Å². The predicted octanol–water partition coefficient (Wildman–Crippen LogP) is 2.59. The van der Waals surface area contributed by atoms with E-state index in [-0.39, 0.29) is 5.91 Å². The molecule has 1 amide bonds. The van der Waals surface area contributed by atoms with Crippen molar-refractivity contribution in [3.8, 4) is 11.3 Å². The molecule has 4 nitrogen and oxygen atoms in total. The highest BCUT2D eigenvalue weighted by Gasteiger charge is 2.17. The number of nitrogens with zero attached hydrogens (tertiary/aromatic N) is 2. The van der Waals surface area contributed by atoms with Crippen LogP contribution in [0.25, 0.3) is 11.3 Å². The molecule has 1 aromatic heterocycles. The van der Waals surface area contributed by atoms with Gasteiger partial charge in [0.15, 0.2) is 0 Å². The largest absolute Gasteiger partial charge is 0.351 e. The SMILES string of the molecule is CC(C)CNC(=O)c1snnc1-c1ccccc1. The molecule has 2 aromatic rings. The van der Waals surface area contributed by atoms with Gasteiger partial charge in [0, 0.05) is 12.1 Å². The standard InChI is InChI=1S/C13H15N3OS/c1-9(2)8-14-13(17)12-11(15-16-18-12)10-6-4-3-5-7-10/h3-7,9H,8H2,1-2H3,(H,14,17). The normalized spacial score (nSPS) is 10.6.